The Kier molecular flexibility index (Phi) is 9.25. The highest BCUT2D eigenvalue weighted by atomic mass is 35.5. The number of aromatic nitrogens is 2. The van der Waals surface area contributed by atoms with Crippen molar-refractivity contribution in [3.8, 4) is 5.75 Å². The number of hydrogen-bond acceptors (Lipinski definition) is 7. The molecule has 0 aliphatic carbocycles. The van der Waals surface area contributed by atoms with E-state index in [0.29, 0.717) is 46.7 Å². The van der Waals surface area contributed by atoms with E-state index < -0.39 is 6.16 Å². The van der Waals surface area contributed by atoms with Crippen molar-refractivity contribution in [1.29, 1.82) is 0 Å². The standard InChI is InChI=1S/C36H31ClN4O5S2/c1-2-47-48-14-13-45-36(44)46-32-18-31-33(26-9-5-4-8-25(26)32)23(19-37)20-41(31)35(43)30-17-22-15-24(11-12-28(22)40-30)38-34(42)29-16-21-7-3-6-10-27(21)39-29/h3-12,15-18,23,39-40H,2,13-14,19-20H2,1H3,(H,38,42). The molecule has 6 aromatic rings. The normalized spacial score (nSPS) is 14.0. The van der Waals surface area contributed by atoms with Crippen LogP contribution in [0.3, 0.4) is 0 Å². The van der Waals surface area contributed by atoms with Gasteiger partial charge in [-0.1, -0.05) is 71.0 Å². The van der Waals surface area contributed by atoms with Gasteiger partial charge in [0.2, 0.25) is 0 Å². The molecule has 0 radical (unpaired) electrons. The molecule has 2 amide bonds. The smallest absolute Gasteiger partial charge is 0.433 e. The lowest BCUT2D eigenvalue weighted by molar-refractivity contribution is 0.0982. The molecule has 1 unspecified atom stereocenters. The van der Waals surface area contributed by atoms with Crippen LogP contribution < -0.4 is 15.0 Å². The first-order valence-corrected chi connectivity index (χ1v) is 18.5. The summed E-state index contributed by atoms with van der Waals surface area (Å²) >= 11 is 6.47. The van der Waals surface area contributed by atoms with E-state index in [-0.39, 0.29) is 24.3 Å². The zero-order valence-electron chi connectivity index (χ0n) is 25.9. The van der Waals surface area contributed by atoms with Gasteiger partial charge in [-0.15, -0.1) is 11.6 Å². The van der Waals surface area contributed by atoms with Crippen LogP contribution in [0.2, 0.25) is 0 Å². The molecule has 7 rings (SSSR count). The Labute approximate surface area is 289 Å². The van der Waals surface area contributed by atoms with Crippen LogP contribution in [0.1, 0.15) is 39.4 Å². The quantitative estimate of drug-likeness (QED) is 0.0430. The van der Waals surface area contributed by atoms with Gasteiger partial charge in [0.15, 0.2) is 0 Å². The van der Waals surface area contributed by atoms with Crippen LogP contribution in [0.5, 0.6) is 5.75 Å². The molecule has 0 fully saturated rings. The maximum absolute atomic E-state index is 14.1. The van der Waals surface area contributed by atoms with Crippen molar-refractivity contribution < 1.29 is 23.9 Å². The monoisotopic (exact) mass is 698 g/mol. The summed E-state index contributed by atoms with van der Waals surface area (Å²) in [5.41, 5.74) is 4.62. The van der Waals surface area contributed by atoms with Crippen molar-refractivity contribution in [3.05, 3.63) is 102 Å². The van der Waals surface area contributed by atoms with Gasteiger partial charge in [-0.25, -0.2) is 4.79 Å². The van der Waals surface area contributed by atoms with Gasteiger partial charge in [-0.3, -0.25) is 9.59 Å². The van der Waals surface area contributed by atoms with Gasteiger partial charge in [0, 0.05) is 68.8 Å². The van der Waals surface area contributed by atoms with Crippen molar-refractivity contribution in [2.45, 2.75) is 12.8 Å². The number of aromatic amines is 2. The van der Waals surface area contributed by atoms with Crippen LogP contribution in [-0.4, -0.2) is 58.5 Å². The number of carbonyl (C=O) groups is 3. The summed E-state index contributed by atoms with van der Waals surface area (Å²) in [5.74, 6) is 1.60. The van der Waals surface area contributed by atoms with Gasteiger partial charge in [0.05, 0.1) is 5.69 Å². The number of anilines is 2. The van der Waals surface area contributed by atoms with E-state index in [9.17, 15) is 14.4 Å². The molecule has 1 aliphatic heterocycles. The van der Waals surface area contributed by atoms with Crippen molar-refractivity contribution in [2.24, 2.45) is 0 Å². The molecule has 48 heavy (non-hydrogen) atoms. The van der Waals surface area contributed by atoms with E-state index in [1.54, 1.807) is 44.7 Å². The number of benzene rings is 4. The number of H-pyrrole nitrogens is 2. The Morgan fingerprint density at radius 1 is 0.896 bits per heavy atom. The lowest BCUT2D eigenvalue weighted by Gasteiger charge is -2.18. The maximum Gasteiger partial charge on any atom is 0.513 e. The minimum atomic E-state index is -0.796. The third-order valence-electron chi connectivity index (χ3n) is 8.22. The number of rotatable bonds is 10. The van der Waals surface area contributed by atoms with E-state index in [4.69, 9.17) is 21.1 Å². The van der Waals surface area contributed by atoms with E-state index in [1.165, 1.54) is 0 Å². The average molecular weight is 699 g/mol. The van der Waals surface area contributed by atoms with E-state index >= 15 is 0 Å². The molecular formula is C36H31ClN4O5S2. The molecule has 0 spiro atoms. The van der Waals surface area contributed by atoms with Crippen molar-refractivity contribution in [3.63, 3.8) is 0 Å². The van der Waals surface area contributed by atoms with Gasteiger partial charge >= 0.3 is 6.16 Å². The Morgan fingerprint density at radius 2 is 1.65 bits per heavy atom. The Bertz CT molecular complexity index is 2150. The van der Waals surface area contributed by atoms with Gasteiger partial charge < -0.3 is 29.7 Å². The van der Waals surface area contributed by atoms with Crippen LogP contribution in [0.25, 0.3) is 32.6 Å². The molecule has 1 atom stereocenters. The Morgan fingerprint density at radius 3 is 2.46 bits per heavy atom. The number of fused-ring (bicyclic) bond motifs is 5. The third-order valence-corrected chi connectivity index (χ3v) is 11.0. The molecule has 0 saturated heterocycles. The highest BCUT2D eigenvalue weighted by Crippen LogP contribution is 2.46. The van der Waals surface area contributed by atoms with Crippen molar-refractivity contribution in [2.75, 3.05) is 40.8 Å². The summed E-state index contributed by atoms with van der Waals surface area (Å²) in [6.45, 7) is 2.66. The number of para-hydroxylation sites is 1. The second kappa shape index (κ2) is 13.9. The molecule has 12 heteroatoms. The number of ether oxygens (including phenoxy) is 2. The Balaban J connectivity index is 1.14. The van der Waals surface area contributed by atoms with Crippen LogP contribution in [-0.2, 0) is 4.74 Å². The minimum Gasteiger partial charge on any atom is -0.433 e. The molecule has 3 heterocycles. The number of nitrogens with one attached hydrogen (secondary N) is 3. The summed E-state index contributed by atoms with van der Waals surface area (Å²) in [7, 11) is 3.34. The van der Waals surface area contributed by atoms with Crippen LogP contribution in [0, 0.1) is 0 Å². The van der Waals surface area contributed by atoms with Crippen molar-refractivity contribution >= 4 is 95.1 Å². The molecule has 1 aliphatic rings. The molecule has 4 aromatic carbocycles. The predicted molar refractivity (Wildman–Crippen MR) is 196 cm³/mol. The second-order valence-corrected chi connectivity index (χ2v) is 14.4. The summed E-state index contributed by atoms with van der Waals surface area (Å²) < 4.78 is 11.0. The lowest BCUT2D eigenvalue weighted by atomic mass is 9.95. The number of halogens is 1. The first-order valence-electron chi connectivity index (χ1n) is 15.5. The fourth-order valence-corrected chi connectivity index (χ4v) is 7.85. The molecule has 9 nitrogen and oxygen atoms in total. The number of carbonyl (C=O) groups excluding carboxylic acids is 3. The van der Waals surface area contributed by atoms with Crippen LogP contribution in [0.15, 0.2) is 84.9 Å². The molecule has 0 bridgehead atoms. The number of nitrogens with zero attached hydrogens (tertiary/aromatic N) is 1. The fourth-order valence-electron chi connectivity index (χ4n) is 6.10. The first kappa shape index (κ1) is 32.0. The number of hydrogen-bond donors (Lipinski definition) is 3. The first-order chi connectivity index (χ1) is 23.4. The van der Waals surface area contributed by atoms with Gasteiger partial charge in [-0.2, -0.15) is 0 Å². The SMILES string of the molecule is CCSSCCOC(=O)Oc1cc2c(c3ccccc13)C(CCl)CN2C(=O)c1cc2cc(NC(=O)c3cc4ccccc4[nH]3)ccc2[nH]1. The summed E-state index contributed by atoms with van der Waals surface area (Å²) in [5, 5.41) is 6.26. The van der Waals surface area contributed by atoms with E-state index in [0.717, 1.165) is 43.9 Å². The number of amides is 2. The lowest BCUT2D eigenvalue weighted by Crippen LogP contribution is -2.30. The Hall–Kier alpha value is -4.58. The highest BCUT2D eigenvalue weighted by molar-refractivity contribution is 8.76. The zero-order valence-corrected chi connectivity index (χ0v) is 28.3. The third kappa shape index (κ3) is 6.33. The van der Waals surface area contributed by atoms with Gasteiger partial charge in [0.1, 0.15) is 23.7 Å². The van der Waals surface area contributed by atoms with Crippen LogP contribution in [0.4, 0.5) is 16.2 Å². The molecule has 0 saturated carbocycles. The average Bonchev–Trinajstić information content (AvgIpc) is 3.83. The number of alkyl halides is 1. The van der Waals surface area contributed by atoms with Gasteiger partial charge in [-0.05, 0) is 47.3 Å². The fraction of sp³-hybridized carbons (Fsp3) is 0.194. The maximum atomic E-state index is 14.1. The minimum absolute atomic E-state index is 0.125. The van der Waals surface area contributed by atoms with E-state index in [2.05, 4.69) is 22.2 Å². The van der Waals surface area contributed by atoms with Crippen molar-refractivity contribution in [1.82, 2.24) is 9.97 Å². The summed E-state index contributed by atoms with van der Waals surface area (Å²) in [4.78, 5) is 47.8. The molecule has 244 valence electrons. The summed E-state index contributed by atoms with van der Waals surface area (Å²) in [6, 6.07) is 26.1. The second-order valence-electron chi connectivity index (χ2n) is 11.3. The predicted octanol–water partition coefficient (Wildman–Crippen LogP) is 8.95. The zero-order chi connectivity index (χ0) is 33.2. The topological polar surface area (TPSA) is 117 Å². The summed E-state index contributed by atoms with van der Waals surface area (Å²) in [6.07, 6.45) is -0.796. The highest BCUT2D eigenvalue weighted by Gasteiger charge is 2.36. The van der Waals surface area contributed by atoms with Crippen LogP contribution >= 0.6 is 33.2 Å². The molecule has 2 aromatic heterocycles. The van der Waals surface area contributed by atoms with Gasteiger partial charge in [0.25, 0.3) is 11.8 Å². The molecular weight excluding hydrogens is 668 g/mol. The largest absolute Gasteiger partial charge is 0.513 e. The van der Waals surface area contributed by atoms with E-state index in [1.807, 2.05) is 66.7 Å². The molecule has 3 N–H and O–H groups in total.